The average Bonchev–Trinajstić information content (AvgIpc) is 3.07. The van der Waals surface area contributed by atoms with Crippen LogP contribution in [0.5, 0.6) is 0 Å². The Labute approximate surface area is 177 Å². The fourth-order valence-electron chi connectivity index (χ4n) is 2.74. The number of nitrogens with one attached hydrogen (secondary N) is 2. The van der Waals surface area contributed by atoms with Gasteiger partial charge in [0.05, 0.1) is 5.56 Å². The highest BCUT2D eigenvalue weighted by molar-refractivity contribution is 7.88. The van der Waals surface area contributed by atoms with Crippen LogP contribution in [0.3, 0.4) is 0 Å². The molecule has 0 radical (unpaired) electrons. The van der Waals surface area contributed by atoms with Crippen molar-refractivity contribution in [2.75, 3.05) is 5.32 Å². The second-order valence-electron chi connectivity index (χ2n) is 7.83. The number of tetrazole rings is 1. The molecule has 0 fully saturated rings. The number of hydrogen-bond donors (Lipinski definition) is 2. The minimum Gasteiger partial charge on any atom is -0.355 e. The predicted octanol–water partition coefficient (Wildman–Crippen LogP) is 3.78. The molecule has 8 nitrogen and oxygen atoms in total. The number of rotatable bonds is 6. The number of anilines is 2. The van der Waals surface area contributed by atoms with E-state index in [4.69, 9.17) is 0 Å². The van der Waals surface area contributed by atoms with Gasteiger partial charge in [-0.3, -0.25) is 0 Å². The van der Waals surface area contributed by atoms with E-state index in [0.717, 1.165) is 16.9 Å². The molecule has 1 heterocycles. The van der Waals surface area contributed by atoms with E-state index in [1.165, 1.54) is 12.1 Å². The molecule has 0 bridgehead atoms. The first-order chi connectivity index (χ1) is 14.3. The Hall–Kier alpha value is -2.99. The summed E-state index contributed by atoms with van der Waals surface area (Å²) >= 11 is 0. The molecule has 31 heavy (non-hydrogen) atoms. The van der Waals surface area contributed by atoms with E-state index in [2.05, 4.69) is 25.4 Å². The van der Waals surface area contributed by atoms with Crippen molar-refractivity contribution in [3.8, 4) is 11.4 Å². The van der Waals surface area contributed by atoms with Gasteiger partial charge >= 0.3 is 6.18 Å². The Bertz CT molecular complexity index is 1150. The summed E-state index contributed by atoms with van der Waals surface area (Å²) < 4.78 is 65.2. The third-order valence-electron chi connectivity index (χ3n) is 3.86. The lowest BCUT2D eigenvalue weighted by Gasteiger charge is -2.19. The van der Waals surface area contributed by atoms with Crippen molar-refractivity contribution in [3.05, 3.63) is 54.1 Å². The molecule has 0 saturated heterocycles. The normalized spacial score (nSPS) is 12.7. The van der Waals surface area contributed by atoms with Crippen LogP contribution in [0.2, 0.25) is 0 Å². The van der Waals surface area contributed by atoms with E-state index in [-0.39, 0.29) is 5.82 Å². The van der Waals surface area contributed by atoms with E-state index < -0.39 is 33.2 Å². The fraction of sp³-hybridized carbons (Fsp3) is 0.316. The van der Waals surface area contributed by atoms with Crippen LogP contribution < -0.4 is 10.0 Å². The molecule has 1 aromatic heterocycles. The number of aromatic nitrogens is 4. The molecule has 12 heteroatoms. The van der Waals surface area contributed by atoms with Crippen molar-refractivity contribution in [3.63, 3.8) is 0 Å². The highest BCUT2D eigenvalue weighted by Crippen LogP contribution is 2.32. The maximum atomic E-state index is 12.7. The zero-order chi connectivity index (χ0) is 22.9. The van der Waals surface area contributed by atoms with Gasteiger partial charge in [0.2, 0.25) is 15.8 Å². The quantitative estimate of drug-likeness (QED) is 0.588. The molecule has 0 aliphatic carbocycles. The predicted molar refractivity (Wildman–Crippen MR) is 110 cm³/mol. The first-order valence-corrected chi connectivity index (χ1v) is 10.8. The van der Waals surface area contributed by atoms with Crippen LogP contribution >= 0.6 is 0 Å². The van der Waals surface area contributed by atoms with Gasteiger partial charge in [-0.15, -0.1) is 15.0 Å². The summed E-state index contributed by atoms with van der Waals surface area (Å²) in [4.78, 5) is 0.957. The largest absolute Gasteiger partial charge is 0.416 e. The zero-order valence-electron chi connectivity index (χ0n) is 17.0. The summed E-state index contributed by atoms with van der Waals surface area (Å²) in [5, 5.41) is 14.9. The van der Waals surface area contributed by atoms with Crippen LogP contribution in [0.1, 0.15) is 26.3 Å². The van der Waals surface area contributed by atoms with Gasteiger partial charge in [-0.25, -0.2) is 13.1 Å². The highest BCUT2D eigenvalue weighted by Gasteiger charge is 2.30. The summed E-state index contributed by atoms with van der Waals surface area (Å²) in [5.74, 6) is -0.341. The Morgan fingerprint density at radius 2 is 1.65 bits per heavy atom. The molecule has 0 aliphatic rings. The molecule has 3 rings (SSSR count). The average molecular weight is 454 g/mol. The lowest BCUT2D eigenvalue weighted by Crippen LogP contribution is -2.42. The summed E-state index contributed by atoms with van der Waals surface area (Å²) in [6, 6.07) is 11.4. The molecule has 3 aromatic rings. The zero-order valence-corrected chi connectivity index (χ0v) is 17.8. The van der Waals surface area contributed by atoms with Crippen LogP contribution in [0.25, 0.3) is 11.4 Å². The maximum absolute atomic E-state index is 12.7. The number of nitrogens with zero attached hydrogens (tertiary/aromatic N) is 4. The van der Waals surface area contributed by atoms with E-state index in [0.29, 0.717) is 16.9 Å². The molecule has 0 atom stereocenters. The molecule has 0 amide bonds. The monoisotopic (exact) mass is 454 g/mol. The van der Waals surface area contributed by atoms with Gasteiger partial charge in [0.15, 0.2) is 5.88 Å². The van der Waals surface area contributed by atoms with E-state index in [1.54, 1.807) is 45.0 Å². The number of para-hydroxylation sites is 1. The minimum absolute atomic E-state index is 0.168. The van der Waals surface area contributed by atoms with Gasteiger partial charge in [-0.2, -0.15) is 13.2 Å². The van der Waals surface area contributed by atoms with Crippen LogP contribution in [0.15, 0.2) is 48.5 Å². The first kappa shape index (κ1) is 22.7. The fourth-order valence-corrected chi connectivity index (χ4v) is 4.15. The van der Waals surface area contributed by atoms with Gasteiger partial charge < -0.3 is 5.32 Å². The highest BCUT2D eigenvalue weighted by atomic mass is 32.2. The molecule has 2 N–H and O–H groups in total. The van der Waals surface area contributed by atoms with Crippen LogP contribution in [0, 0.1) is 0 Å². The molecule has 0 spiro atoms. The van der Waals surface area contributed by atoms with Crippen LogP contribution in [-0.2, 0) is 22.1 Å². The first-order valence-electron chi connectivity index (χ1n) is 9.16. The second-order valence-corrected chi connectivity index (χ2v) is 9.52. The van der Waals surface area contributed by atoms with Crippen molar-refractivity contribution in [2.24, 2.45) is 0 Å². The van der Waals surface area contributed by atoms with Gasteiger partial charge in [0.25, 0.3) is 0 Å². The van der Waals surface area contributed by atoms with Crippen molar-refractivity contribution in [2.45, 2.75) is 38.4 Å². The summed E-state index contributed by atoms with van der Waals surface area (Å²) in [6.07, 6.45) is -4.42. The van der Waals surface area contributed by atoms with E-state index >= 15 is 0 Å². The van der Waals surface area contributed by atoms with Gasteiger partial charge in [0, 0.05) is 22.5 Å². The smallest absolute Gasteiger partial charge is 0.355 e. The Morgan fingerprint density at radius 1 is 1.00 bits per heavy atom. The third-order valence-corrected chi connectivity index (χ3v) is 5.35. The molecule has 0 saturated carbocycles. The van der Waals surface area contributed by atoms with Crippen molar-refractivity contribution in [1.82, 2.24) is 24.9 Å². The Morgan fingerprint density at radius 3 is 2.26 bits per heavy atom. The lowest BCUT2D eigenvalue weighted by atomic mass is 10.1. The summed E-state index contributed by atoms with van der Waals surface area (Å²) in [5.41, 5.74) is 0.0681. The van der Waals surface area contributed by atoms with Crippen LogP contribution in [-0.4, -0.2) is 34.2 Å². The van der Waals surface area contributed by atoms with Crippen LogP contribution in [0.4, 0.5) is 24.5 Å². The summed E-state index contributed by atoms with van der Waals surface area (Å²) in [6.45, 7) is 5.15. The third kappa shape index (κ3) is 6.25. The standard InChI is InChI=1S/C19H21F3N6O2S/c1-18(2,3)26-31(29,30)12-28-25-17(24-27-28)15-6-4-5-7-16(15)23-14-10-8-13(9-11-14)19(20,21)22/h4-11,23,26H,12H2,1-3H3. The second kappa shape index (κ2) is 8.27. The maximum Gasteiger partial charge on any atom is 0.416 e. The number of sulfonamides is 1. The summed E-state index contributed by atoms with van der Waals surface area (Å²) in [7, 11) is -3.70. The van der Waals surface area contributed by atoms with Crippen molar-refractivity contribution >= 4 is 21.4 Å². The van der Waals surface area contributed by atoms with E-state index in [9.17, 15) is 21.6 Å². The van der Waals surface area contributed by atoms with Gasteiger partial charge in [0.1, 0.15) is 0 Å². The topological polar surface area (TPSA) is 102 Å². The molecule has 166 valence electrons. The number of alkyl halides is 3. The lowest BCUT2D eigenvalue weighted by molar-refractivity contribution is -0.137. The molecule has 2 aromatic carbocycles. The van der Waals surface area contributed by atoms with E-state index in [1.807, 2.05) is 0 Å². The Kier molecular flexibility index (Phi) is 6.05. The van der Waals surface area contributed by atoms with Crippen molar-refractivity contribution < 1.29 is 21.6 Å². The minimum atomic E-state index is -4.42. The van der Waals surface area contributed by atoms with Gasteiger partial charge in [-0.1, -0.05) is 12.1 Å². The molecular formula is C19H21F3N6O2S. The Balaban J connectivity index is 1.81. The number of benzene rings is 2. The molecular weight excluding hydrogens is 433 g/mol. The van der Waals surface area contributed by atoms with Crippen molar-refractivity contribution in [1.29, 1.82) is 0 Å². The molecule has 0 unspecified atom stereocenters. The molecule has 0 aliphatic heterocycles. The SMILES string of the molecule is CC(C)(C)NS(=O)(=O)Cn1nnc(-c2ccccc2Nc2ccc(C(F)(F)F)cc2)n1. The number of halogens is 3. The number of hydrogen-bond acceptors (Lipinski definition) is 6. The van der Waals surface area contributed by atoms with Gasteiger partial charge in [-0.05, 0) is 62.4 Å².